The highest BCUT2D eigenvalue weighted by atomic mass is 14.9. The summed E-state index contributed by atoms with van der Waals surface area (Å²) in [5.74, 6) is 1.20. The Morgan fingerprint density at radius 2 is 1.74 bits per heavy atom. The Balaban J connectivity index is 0.000000807. The van der Waals surface area contributed by atoms with Crippen LogP contribution in [0, 0.1) is 6.92 Å². The molecule has 3 aromatic rings. The number of anilines is 1. The molecule has 3 N–H and O–H groups in total. The predicted octanol–water partition coefficient (Wildman–Crippen LogP) is 5.15. The van der Waals surface area contributed by atoms with E-state index >= 15 is 0 Å². The molecular formula is C25H36N6. The van der Waals surface area contributed by atoms with Crippen LogP contribution >= 0.6 is 0 Å². The van der Waals surface area contributed by atoms with Gasteiger partial charge in [0.2, 0.25) is 0 Å². The Kier molecular flexibility index (Phi) is 9.53. The molecular weight excluding hydrogens is 384 g/mol. The van der Waals surface area contributed by atoms with Crippen LogP contribution in [0.15, 0.2) is 35.5 Å². The van der Waals surface area contributed by atoms with Gasteiger partial charge < -0.3 is 11.1 Å². The number of nitrogens with two attached hydrogens (primary N) is 1. The molecule has 0 amide bonds. The average molecular weight is 421 g/mol. The Bertz CT molecular complexity index is 1010. The van der Waals surface area contributed by atoms with Crippen molar-refractivity contribution in [3.8, 4) is 11.4 Å². The average Bonchev–Trinajstić information content (AvgIpc) is 2.83. The second kappa shape index (κ2) is 12.1. The van der Waals surface area contributed by atoms with Crippen molar-refractivity contribution in [3.63, 3.8) is 0 Å². The number of hydrogen-bond acceptors (Lipinski definition) is 6. The maximum absolute atomic E-state index is 6.09. The molecule has 1 fully saturated rings. The minimum Gasteiger partial charge on any atom is -0.398 e. The fourth-order valence-corrected chi connectivity index (χ4v) is 3.65. The van der Waals surface area contributed by atoms with E-state index in [9.17, 15) is 0 Å². The first kappa shape index (κ1) is 24.4. The number of benzene rings is 1. The van der Waals surface area contributed by atoms with Crippen molar-refractivity contribution in [1.29, 1.82) is 0 Å². The number of fused-ring (bicyclic) bond motifs is 1. The van der Waals surface area contributed by atoms with Gasteiger partial charge in [-0.3, -0.25) is 4.99 Å². The van der Waals surface area contributed by atoms with Crippen molar-refractivity contribution in [1.82, 2.24) is 20.3 Å². The van der Waals surface area contributed by atoms with Gasteiger partial charge in [-0.05, 0) is 62.7 Å². The van der Waals surface area contributed by atoms with Gasteiger partial charge in [0.1, 0.15) is 5.52 Å². The summed E-state index contributed by atoms with van der Waals surface area (Å²) in [7, 11) is 1.73. The van der Waals surface area contributed by atoms with Crippen LogP contribution in [0.5, 0.6) is 0 Å². The number of hydrogen-bond donors (Lipinski definition) is 2. The lowest BCUT2D eigenvalue weighted by molar-refractivity contribution is 0.454. The quantitative estimate of drug-likeness (QED) is 0.452. The summed E-state index contributed by atoms with van der Waals surface area (Å²) < 4.78 is 0. The van der Waals surface area contributed by atoms with Crippen molar-refractivity contribution in [2.45, 2.75) is 53.4 Å². The molecule has 1 aliphatic rings. The summed E-state index contributed by atoms with van der Waals surface area (Å²) in [6.07, 6.45) is 5.84. The van der Waals surface area contributed by atoms with E-state index in [1.807, 2.05) is 52.9 Å². The number of rotatable bonds is 3. The summed E-state index contributed by atoms with van der Waals surface area (Å²) >= 11 is 0. The maximum atomic E-state index is 6.09. The molecule has 4 rings (SSSR count). The molecule has 1 aromatic carbocycles. The number of piperidine rings is 1. The monoisotopic (exact) mass is 420 g/mol. The highest BCUT2D eigenvalue weighted by Crippen LogP contribution is 2.28. The van der Waals surface area contributed by atoms with Crippen LogP contribution < -0.4 is 11.1 Å². The van der Waals surface area contributed by atoms with Crippen LogP contribution in [0.1, 0.15) is 63.3 Å². The third kappa shape index (κ3) is 5.85. The van der Waals surface area contributed by atoms with Crippen molar-refractivity contribution in [3.05, 3.63) is 47.3 Å². The normalized spacial score (nSPS) is 14.0. The summed E-state index contributed by atoms with van der Waals surface area (Å²) in [6.45, 7) is 12.1. The van der Waals surface area contributed by atoms with Crippen molar-refractivity contribution in [2.24, 2.45) is 4.99 Å². The lowest BCUT2D eigenvalue weighted by atomic mass is 9.94. The molecule has 0 bridgehead atoms. The zero-order chi connectivity index (χ0) is 22.8. The fourth-order valence-electron chi connectivity index (χ4n) is 3.65. The van der Waals surface area contributed by atoms with Gasteiger partial charge in [0.15, 0.2) is 5.82 Å². The lowest BCUT2D eigenvalue weighted by Gasteiger charge is -2.22. The summed E-state index contributed by atoms with van der Waals surface area (Å²) in [6, 6.07) is 8.11. The van der Waals surface area contributed by atoms with Gasteiger partial charge in [-0.15, -0.1) is 0 Å². The lowest BCUT2D eigenvalue weighted by Crippen LogP contribution is -2.27. The van der Waals surface area contributed by atoms with Crippen LogP contribution in [0.2, 0.25) is 0 Å². The van der Waals surface area contributed by atoms with Gasteiger partial charge in [0.25, 0.3) is 0 Å². The Labute approximate surface area is 186 Å². The molecule has 6 heteroatoms. The SMILES string of the molecule is CC.CC.CN=Cc1cc(-c2ncc3nc(C4CCNCC4)ccc3n2)c(C)cc1N. The van der Waals surface area contributed by atoms with E-state index in [2.05, 4.69) is 27.4 Å². The number of nitrogen functional groups attached to an aromatic ring is 1. The zero-order valence-electron chi connectivity index (χ0n) is 19.7. The number of aromatic nitrogens is 3. The largest absolute Gasteiger partial charge is 0.398 e. The molecule has 0 spiro atoms. The number of pyridine rings is 1. The molecule has 0 aliphatic carbocycles. The van der Waals surface area contributed by atoms with E-state index in [0.717, 1.165) is 59.3 Å². The Hall–Kier alpha value is -2.86. The second-order valence-electron chi connectivity index (χ2n) is 7.04. The predicted molar refractivity (Wildman–Crippen MR) is 133 cm³/mol. The molecule has 2 aromatic heterocycles. The molecule has 3 heterocycles. The second-order valence-corrected chi connectivity index (χ2v) is 7.04. The standard InChI is InChI=1S/C21H24N6.2C2H6/c1-13-9-17(22)15(11-23-2)10-16(13)21-25-12-20-19(27-21)4-3-18(26-20)14-5-7-24-8-6-14;2*1-2/h3-4,9-12,14,24H,5-8,22H2,1-2H3;2*1-2H3. The third-order valence-corrected chi connectivity index (χ3v) is 5.16. The van der Waals surface area contributed by atoms with Gasteiger partial charge in [-0.2, -0.15) is 0 Å². The van der Waals surface area contributed by atoms with E-state index in [1.54, 1.807) is 13.3 Å². The van der Waals surface area contributed by atoms with Crippen molar-refractivity contribution in [2.75, 3.05) is 25.9 Å². The van der Waals surface area contributed by atoms with Crippen molar-refractivity contribution >= 4 is 22.9 Å². The number of aliphatic imine (C=N–C) groups is 1. The van der Waals surface area contributed by atoms with Gasteiger partial charge in [-0.1, -0.05) is 27.7 Å². The number of nitrogens with one attached hydrogen (secondary N) is 1. The van der Waals surface area contributed by atoms with E-state index in [-0.39, 0.29) is 0 Å². The minimum absolute atomic E-state index is 0.519. The fraction of sp³-hybridized carbons (Fsp3) is 0.440. The van der Waals surface area contributed by atoms with E-state index in [0.29, 0.717) is 17.4 Å². The molecule has 166 valence electrons. The Morgan fingerprint density at radius 3 is 2.42 bits per heavy atom. The van der Waals surface area contributed by atoms with Crippen LogP contribution in [-0.4, -0.2) is 41.3 Å². The first-order chi connectivity index (χ1) is 15.2. The van der Waals surface area contributed by atoms with Crippen LogP contribution in [0.4, 0.5) is 5.69 Å². The highest BCUT2D eigenvalue weighted by Gasteiger charge is 2.17. The van der Waals surface area contributed by atoms with Crippen LogP contribution in [-0.2, 0) is 0 Å². The summed E-state index contributed by atoms with van der Waals surface area (Å²) in [5.41, 5.74) is 12.5. The molecule has 0 radical (unpaired) electrons. The van der Waals surface area contributed by atoms with Gasteiger partial charge >= 0.3 is 0 Å². The van der Waals surface area contributed by atoms with Gasteiger partial charge in [0.05, 0.1) is 11.7 Å². The molecule has 1 saturated heterocycles. The maximum Gasteiger partial charge on any atom is 0.160 e. The third-order valence-electron chi connectivity index (χ3n) is 5.16. The van der Waals surface area contributed by atoms with Crippen LogP contribution in [0.25, 0.3) is 22.4 Å². The number of nitrogens with zero attached hydrogens (tertiary/aromatic N) is 4. The van der Waals surface area contributed by atoms with E-state index in [1.165, 1.54) is 0 Å². The summed E-state index contributed by atoms with van der Waals surface area (Å²) in [4.78, 5) is 18.2. The van der Waals surface area contributed by atoms with E-state index < -0.39 is 0 Å². The smallest absolute Gasteiger partial charge is 0.160 e. The molecule has 0 unspecified atom stereocenters. The number of aryl methyl sites for hydroxylation is 1. The molecule has 31 heavy (non-hydrogen) atoms. The zero-order valence-corrected chi connectivity index (χ0v) is 19.7. The van der Waals surface area contributed by atoms with Crippen molar-refractivity contribution < 1.29 is 0 Å². The first-order valence-corrected chi connectivity index (χ1v) is 11.3. The molecule has 1 aliphatic heterocycles. The minimum atomic E-state index is 0.519. The summed E-state index contributed by atoms with van der Waals surface area (Å²) in [5, 5.41) is 3.40. The van der Waals surface area contributed by atoms with Gasteiger partial charge in [-0.25, -0.2) is 15.0 Å². The van der Waals surface area contributed by atoms with Crippen LogP contribution in [0.3, 0.4) is 0 Å². The molecule has 6 nitrogen and oxygen atoms in total. The topological polar surface area (TPSA) is 89.1 Å². The highest BCUT2D eigenvalue weighted by molar-refractivity contribution is 5.90. The molecule has 0 atom stereocenters. The first-order valence-electron chi connectivity index (χ1n) is 11.3. The van der Waals surface area contributed by atoms with E-state index in [4.69, 9.17) is 15.7 Å². The molecule has 0 saturated carbocycles. The Morgan fingerprint density at radius 1 is 1.03 bits per heavy atom. The van der Waals surface area contributed by atoms with Gasteiger partial charge in [0, 0.05) is 41.7 Å².